The number of hydrogen-bond acceptors (Lipinski definition) is 8. The van der Waals surface area contributed by atoms with Crippen LogP contribution in [0.15, 0.2) is 0 Å². The fraction of sp³-hybridized carbons (Fsp3) is 0.765. The van der Waals surface area contributed by atoms with Crippen LogP contribution in [0.1, 0.15) is 26.7 Å². The lowest BCUT2D eigenvalue weighted by Crippen LogP contribution is -2.58. The zero-order valence-electron chi connectivity index (χ0n) is 16.9. The molecule has 0 bridgehead atoms. The summed E-state index contributed by atoms with van der Waals surface area (Å²) in [5, 5.41) is 25.3. The SMILES string of the molecule is CSCCC(N)C(=O)NC(CS)C(=O)NC(CC(C)C)C(=O)NC(CO)C(=O)O. The van der Waals surface area contributed by atoms with Crippen LogP contribution in [0.2, 0.25) is 0 Å². The van der Waals surface area contributed by atoms with Crippen LogP contribution in [0.25, 0.3) is 0 Å². The van der Waals surface area contributed by atoms with E-state index in [9.17, 15) is 19.2 Å². The molecule has 168 valence electrons. The highest BCUT2D eigenvalue weighted by Crippen LogP contribution is 2.07. The molecule has 0 aliphatic carbocycles. The number of thiol groups is 1. The quantitative estimate of drug-likeness (QED) is 0.157. The molecule has 0 aromatic heterocycles. The molecule has 0 aromatic carbocycles. The predicted octanol–water partition coefficient (Wildman–Crippen LogP) is -1.43. The largest absolute Gasteiger partial charge is 0.480 e. The van der Waals surface area contributed by atoms with Crippen LogP contribution in [-0.2, 0) is 19.2 Å². The first-order valence-electron chi connectivity index (χ1n) is 9.17. The summed E-state index contributed by atoms with van der Waals surface area (Å²) < 4.78 is 0. The van der Waals surface area contributed by atoms with E-state index in [4.69, 9.17) is 15.9 Å². The van der Waals surface area contributed by atoms with Gasteiger partial charge in [-0.3, -0.25) is 14.4 Å². The van der Waals surface area contributed by atoms with Crippen molar-refractivity contribution in [3.8, 4) is 0 Å². The van der Waals surface area contributed by atoms with Crippen molar-refractivity contribution in [1.82, 2.24) is 16.0 Å². The number of carbonyl (C=O) groups excluding carboxylic acids is 3. The minimum atomic E-state index is -1.48. The first-order chi connectivity index (χ1) is 13.6. The standard InChI is InChI=1S/C17H32N4O6S2/c1-9(2)6-11(15(24)20-12(7-22)17(26)27)19-16(25)13(8-28)21-14(23)10(18)4-5-29-3/h9-13,22,28H,4-8,18H2,1-3H3,(H,19,25)(H,20,24)(H,21,23)(H,26,27). The number of aliphatic hydroxyl groups is 1. The van der Waals surface area contributed by atoms with Crippen molar-refractivity contribution in [3.63, 3.8) is 0 Å². The molecule has 0 fully saturated rings. The van der Waals surface area contributed by atoms with Gasteiger partial charge in [-0.1, -0.05) is 13.8 Å². The van der Waals surface area contributed by atoms with Crippen molar-refractivity contribution >= 4 is 48.1 Å². The average molecular weight is 453 g/mol. The molecule has 3 amide bonds. The Morgan fingerprint density at radius 3 is 1.97 bits per heavy atom. The molecule has 0 radical (unpaired) electrons. The van der Waals surface area contributed by atoms with Gasteiger partial charge in [0.1, 0.15) is 18.1 Å². The maximum absolute atomic E-state index is 12.6. The maximum atomic E-state index is 12.6. The summed E-state index contributed by atoms with van der Waals surface area (Å²) in [6, 6.07) is -4.31. The van der Waals surface area contributed by atoms with E-state index < -0.39 is 54.5 Å². The normalized spacial score (nSPS) is 15.1. The van der Waals surface area contributed by atoms with Gasteiger partial charge in [0.25, 0.3) is 0 Å². The Hall–Kier alpha value is -1.50. The Balaban J connectivity index is 5.10. The van der Waals surface area contributed by atoms with E-state index in [2.05, 4.69) is 28.6 Å². The van der Waals surface area contributed by atoms with Crippen molar-refractivity contribution in [1.29, 1.82) is 0 Å². The van der Waals surface area contributed by atoms with Crippen molar-refractivity contribution in [3.05, 3.63) is 0 Å². The van der Waals surface area contributed by atoms with E-state index in [1.165, 1.54) is 0 Å². The van der Waals surface area contributed by atoms with Crippen LogP contribution in [0.3, 0.4) is 0 Å². The second kappa shape index (κ2) is 14.5. The van der Waals surface area contributed by atoms with E-state index >= 15 is 0 Å². The first-order valence-corrected chi connectivity index (χ1v) is 11.2. The van der Waals surface area contributed by atoms with Gasteiger partial charge in [-0.25, -0.2) is 4.79 Å². The van der Waals surface area contributed by atoms with Crippen LogP contribution in [0.5, 0.6) is 0 Å². The predicted molar refractivity (Wildman–Crippen MR) is 115 cm³/mol. The number of rotatable bonds is 14. The molecule has 0 aliphatic rings. The molecule has 29 heavy (non-hydrogen) atoms. The second-order valence-electron chi connectivity index (χ2n) is 6.90. The van der Waals surface area contributed by atoms with Crippen LogP contribution >= 0.6 is 24.4 Å². The molecular weight excluding hydrogens is 420 g/mol. The topological polar surface area (TPSA) is 171 Å². The maximum Gasteiger partial charge on any atom is 0.328 e. The number of aliphatic carboxylic acids is 1. The second-order valence-corrected chi connectivity index (χ2v) is 8.26. The lowest BCUT2D eigenvalue weighted by molar-refractivity contribution is -0.143. The number of amides is 3. The van der Waals surface area contributed by atoms with E-state index in [-0.39, 0.29) is 18.1 Å². The van der Waals surface area contributed by atoms with Crippen LogP contribution < -0.4 is 21.7 Å². The Kier molecular flexibility index (Phi) is 13.7. The summed E-state index contributed by atoms with van der Waals surface area (Å²) in [5.41, 5.74) is 5.79. The van der Waals surface area contributed by atoms with Gasteiger partial charge < -0.3 is 31.9 Å². The fourth-order valence-corrected chi connectivity index (χ4v) is 3.03. The zero-order valence-corrected chi connectivity index (χ0v) is 18.6. The lowest BCUT2D eigenvalue weighted by Gasteiger charge is -2.25. The highest BCUT2D eigenvalue weighted by Gasteiger charge is 2.30. The highest BCUT2D eigenvalue weighted by molar-refractivity contribution is 7.98. The third-order valence-electron chi connectivity index (χ3n) is 3.92. The number of hydrogen-bond donors (Lipinski definition) is 7. The molecule has 4 atom stereocenters. The van der Waals surface area contributed by atoms with E-state index in [0.29, 0.717) is 12.2 Å². The Morgan fingerprint density at radius 1 is 1.00 bits per heavy atom. The number of carboxylic acids is 1. The van der Waals surface area contributed by atoms with Crippen molar-refractivity contribution < 1.29 is 29.4 Å². The molecule has 4 unspecified atom stereocenters. The average Bonchev–Trinajstić information content (AvgIpc) is 2.66. The molecule has 12 heteroatoms. The van der Waals surface area contributed by atoms with E-state index in [0.717, 1.165) is 0 Å². The summed E-state index contributed by atoms with van der Waals surface area (Å²) in [4.78, 5) is 48.1. The summed E-state index contributed by atoms with van der Waals surface area (Å²) in [6.45, 7) is 2.87. The molecule has 0 aliphatic heterocycles. The lowest BCUT2D eigenvalue weighted by atomic mass is 10.0. The molecular formula is C17H32N4O6S2. The number of nitrogens with two attached hydrogens (primary N) is 1. The molecule has 0 aromatic rings. The molecule has 0 saturated heterocycles. The summed E-state index contributed by atoms with van der Waals surface area (Å²) in [5.74, 6) is -2.58. The molecule has 0 heterocycles. The Bertz CT molecular complexity index is 564. The van der Waals surface area contributed by atoms with Gasteiger partial charge in [-0.05, 0) is 30.8 Å². The number of carboxylic acid groups (broad SMARTS) is 1. The third kappa shape index (κ3) is 10.7. The van der Waals surface area contributed by atoms with Crippen molar-refractivity contribution in [2.45, 2.75) is 50.9 Å². The van der Waals surface area contributed by atoms with Crippen molar-refractivity contribution in [2.75, 3.05) is 24.4 Å². The number of thioether (sulfide) groups is 1. The minimum absolute atomic E-state index is 0.00691. The summed E-state index contributed by atoms with van der Waals surface area (Å²) in [6.07, 6.45) is 2.57. The smallest absolute Gasteiger partial charge is 0.328 e. The minimum Gasteiger partial charge on any atom is -0.480 e. The van der Waals surface area contributed by atoms with E-state index in [1.807, 2.05) is 20.1 Å². The molecule has 0 saturated carbocycles. The van der Waals surface area contributed by atoms with Gasteiger partial charge in [-0.15, -0.1) is 0 Å². The van der Waals surface area contributed by atoms with Gasteiger partial charge in [0.2, 0.25) is 17.7 Å². The summed E-state index contributed by atoms with van der Waals surface area (Å²) in [7, 11) is 0. The first kappa shape index (κ1) is 27.5. The van der Waals surface area contributed by atoms with Crippen LogP contribution in [0.4, 0.5) is 0 Å². The van der Waals surface area contributed by atoms with Gasteiger partial charge in [0.15, 0.2) is 0 Å². The molecule has 7 N–H and O–H groups in total. The van der Waals surface area contributed by atoms with Crippen LogP contribution in [0, 0.1) is 5.92 Å². The van der Waals surface area contributed by atoms with Crippen LogP contribution in [-0.4, -0.2) is 82.4 Å². The monoisotopic (exact) mass is 452 g/mol. The zero-order chi connectivity index (χ0) is 22.6. The van der Waals surface area contributed by atoms with Gasteiger partial charge in [0.05, 0.1) is 12.6 Å². The third-order valence-corrected chi connectivity index (χ3v) is 4.93. The number of nitrogens with one attached hydrogen (secondary N) is 3. The van der Waals surface area contributed by atoms with E-state index in [1.54, 1.807) is 11.8 Å². The van der Waals surface area contributed by atoms with Gasteiger partial charge >= 0.3 is 5.97 Å². The molecule has 0 rings (SSSR count). The number of aliphatic hydroxyl groups excluding tert-OH is 1. The number of carbonyl (C=O) groups is 4. The van der Waals surface area contributed by atoms with Gasteiger partial charge in [-0.2, -0.15) is 24.4 Å². The van der Waals surface area contributed by atoms with Gasteiger partial charge in [0, 0.05) is 5.75 Å². The fourth-order valence-electron chi connectivity index (χ4n) is 2.28. The Labute approximate surface area is 180 Å². The Morgan fingerprint density at radius 2 is 1.52 bits per heavy atom. The molecule has 0 spiro atoms. The summed E-state index contributed by atoms with van der Waals surface area (Å²) >= 11 is 5.62. The molecule has 10 nitrogen and oxygen atoms in total. The highest BCUT2D eigenvalue weighted by atomic mass is 32.2. The van der Waals surface area contributed by atoms with Crippen molar-refractivity contribution in [2.24, 2.45) is 11.7 Å².